The van der Waals surface area contributed by atoms with Gasteiger partial charge in [0.25, 0.3) is 5.91 Å². The highest BCUT2D eigenvalue weighted by atomic mass is 16.1. The number of hydrogen-bond acceptors (Lipinski definition) is 4. The molecule has 2 heterocycles. The van der Waals surface area contributed by atoms with Crippen molar-refractivity contribution in [2.75, 3.05) is 0 Å². The van der Waals surface area contributed by atoms with Crippen LogP contribution in [0.15, 0.2) is 34.8 Å². The molecule has 0 aliphatic carbocycles. The molecule has 0 N–H and O–H groups in total. The average molecular weight is 184 g/mol. The number of carbonyl (C=O) groups excluding carboxylic acids is 1. The minimum atomic E-state index is -0.335. The Morgan fingerprint density at radius 3 is 2.93 bits per heavy atom. The molecular formula is C9H4N4O. The van der Waals surface area contributed by atoms with Gasteiger partial charge in [-0.25, -0.2) is 9.97 Å². The van der Waals surface area contributed by atoms with Crippen molar-refractivity contribution in [3.63, 3.8) is 0 Å². The van der Waals surface area contributed by atoms with Crippen LogP contribution in [0.2, 0.25) is 0 Å². The van der Waals surface area contributed by atoms with Crippen molar-refractivity contribution >= 4 is 22.6 Å². The molecule has 0 saturated carbocycles. The largest absolute Gasteiger partial charge is 0.296 e. The fourth-order valence-electron chi connectivity index (χ4n) is 1.49. The van der Waals surface area contributed by atoms with E-state index in [1.54, 1.807) is 12.1 Å². The molecule has 0 saturated heterocycles. The normalized spacial score (nSPS) is 13.6. The first-order chi connectivity index (χ1) is 6.86. The summed E-state index contributed by atoms with van der Waals surface area (Å²) < 4.78 is 0. The summed E-state index contributed by atoms with van der Waals surface area (Å²) in [5.74, 6) is 0.128. The maximum Gasteiger partial charge on any atom is 0.296 e. The fourth-order valence-corrected chi connectivity index (χ4v) is 1.49. The lowest BCUT2D eigenvalue weighted by Crippen LogP contribution is -2.00. The summed E-state index contributed by atoms with van der Waals surface area (Å²) in [6, 6.07) is 5.29. The van der Waals surface area contributed by atoms with Gasteiger partial charge in [-0.1, -0.05) is 6.07 Å². The van der Waals surface area contributed by atoms with Gasteiger partial charge in [0.2, 0.25) is 0 Å². The lowest BCUT2D eigenvalue weighted by atomic mass is 10.1. The molecule has 0 fully saturated rings. The molecule has 0 spiro atoms. The lowest BCUT2D eigenvalue weighted by Gasteiger charge is -2.06. The lowest BCUT2D eigenvalue weighted by molar-refractivity contribution is 0.0995. The van der Waals surface area contributed by atoms with Crippen LogP contribution >= 0.6 is 0 Å². The summed E-state index contributed by atoms with van der Waals surface area (Å²) in [6.45, 7) is 0. The van der Waals surface area contributed by atoms with Gasteiger partial charge in [-0.3, -0.25) is 4.79 Å². The maximum absolute atomic E-state index is 11.4. The zero-order chi connectivity index (χ0) is 9.54. The number of carbonyl (C=O) groups is 1. The predicted octanol–water partition coefficient (Wildman–Crippen LogP) is 1.87. The van der Waals surface area contributed by atoms with Crippen molar-refractivity contribution in [2.24, 2.45) is 10.2 Å². The van der Waals surface area contributed by atoms with E-state index >= 15 is 0 Å². The van der Waals surface area contributed by atoms with Gasteiger partial charge < -0.3 is 0 Å². The molecule has 0 radical (unpaired) electrons. The second-order valence-corrected chi connectivity index (χ2v) is 2.90. The van der Waals surface area contributed by atoms with Crippen LogP contribution in [0, 0.1) is 0 Å². The molecule has 5 heteroatoms. The monoisotopic (exact) mass is 184 g/mol. The van der Waals surface area contributed by atoms with Gasteiger partial charge in [0, 0.05) is 0 Å². The molecule has 66 valence electrons. The number of azo groups is 1. The van der Waals surface area contributed by atoms with E-state index in [9.17, 15) is 4.79 Å². The first-order valence-corrected chi connectivity index (χ1v) is 4.06. The van der Waals surface area contributed by atoms with E-state index in [1.165, 1.54) is 6.33 Å². The van der Waals surface area contributed by atoms with Crippen molar-refractivity contribution < 1.29 is 4.79 Å². The Bertz CT molecular complexity index is 571. The van der Waals surface area contributed by atoms with Crippen molar-refractivity contribution in [3.05, 3.63) is 30.1 Å². The summed E-state index contributed by atoms with van der Waals surface area (Å²) in [5, 5.41) is 7.90. The minimum Gasteiger partial charge on any atom is -0.265 e. The average Bonchev–Trinajstić information content (AvgIpc) is 2.24. The van der Waals surface area contributed by atoms with Crippen molar-refractivity contribution in [1.29, 1.82) is 0 Å². The number of rotatable bonds is 0. The molecule has 3 rings (SSSR count). The van der Waals surface area contributed by atoms with E-state index in [-0.39, 0.29) is 5.91 Å². The highest BCUT2D eigenvalue weighted by Gasteiger charge is 2.18. The van der Waals surface area contributed by atoms with E-state index in [1.807, 2.05) is 6.07 Å². The Labute approximate surface area is 78.5 Å². The number of benzene rings is 1. The number of nitrogens with zero attached hydrogens (tertiary/aromatic N) is 4. The Morgan fingerprint density at radius 1 is 1.07 bits per heavy atom. The molecule has 1 amide bonds. The summed E-state index contributed by atoms with van der Waals surface area (Å²) >= 11 is 0. The van der Waals surface area contributed by atoms with Crippen LogP contribution in [0.4, 0.5) is 5.82 Å². The van der Waals surface area contributed by atoms with E-state index in [0.717, 1.165) is 5.52 Å². The van der Waals surface area contributed by atoms with E-state index in [0.29, 0.717) is 16.8 Å². The molecular weight excluding hydrogens is 180 g/mol. The third-order valence-corrected chi connectivity index (χ3v) is 2.11. The topological polar surface area (TPSA) is 67.6 Å². The molecule has 5 nitrogen and oxygen atoms in total. The SMILES string of the molecule is O=C1N=Nc2ncnc3cccc1c23. The standard InChI is InChI=1S/C9H4N4O/c14-9-5-2-1-3-6-7(5)8(12-13-9)11-4-10-6/h1-4H. The summed E-state index contributed by atoms with van der Waals surface area (Å²) in [7, 11) is 0. The van der Waals surface area contributed by atoms with Crippen molar-refractivity contribution in [2.45, 2.75) is 0 Å². The van der Waals surface area contributed by atoms with Crippen LogP contribution in [0.5, 0.6) is 0 Å². The zero-order valence-electron chi connectivity index (χ0n) is 7.01. The fraction of sp³-hybridized carbons (Fsp3) is 0. The summed E-state index contributed by atoms with van der Waals surface area (Å²) in [6.07, 6.45) is 1.41. The second-order valence-electron chi connectivity index (χ2n) is 2.90. The third kappa shape index (κ3) is 0.806. The van der Waals surface area contributed by atoms with Crippen LogP contribution in [0.3, 0.4) is 0 Å². The highest BCUT2D eigenvalue weighted by Crippen LogP contribution is 2.29. The van der Waals surface area contributed by atoms with E-state index in [2.05, 4.69) is 20.2 Å². The first-order valence-electron chi connectivity index (χ1n) is 4.06. The molecule has 2 aromatic rings. The molecule has 1 aromatic heterocycles. The molecule has 14 heavy (non-hydrogen) atoms. The van der Waals surface area contributed by atoms with Crippen LogP contribution < -0.4 is 0 Å². The molecule has 0 unspecified atom stereocenters. The Morgan fingerprint density at radius 2 is 2.00 bits per heavy atom. The molecule has 1 aliphatic rings. The van der Waals surface area contributed by atoms with Crippen molar-refractivity contribution in [1.82, 2.24) is 9.97 Å². The molecule has 0 bridgehead atoms. The molecule has 1 aromatic carbocycles. The van der Waals surface area contributed by atoms with Crippen LogP contribution in [-0.2, 0) is 0 Å². The van der Waals surface area contributed by atoms with Gasteiger partial charge in [-0.05, 0) is 12.1 Å². The Balaban J connectivity index is 2.58. The smallest absolute Gasteiger partial charge is 0.265 e. The quantitative estimate of drug-likeness (QED) is 0.627. The van der Waals surface area contributed by atoms with Gasteiger partial charge in [0.15, 0.2) is 5.82 Å². The van der Waals surface area contributed by atoms with E-state index in [4.69, 9.17) is 0 Å². The summed E-state index contributed by atoms with van der Waals surface area (Å²) in [5.41, 5.74) is 1.24. The minimum absolute atomic E-state index is 0.335. The van der Waals surface area contributed by atoms with Gasteiger partial charge in [0.05, 0.1) is 16.5 Å². The van der Waals surface area contributed by atoms with E-state index < -0.39 is 0 Å². The maximum atomic E-state index is 11.4. The van der Waals surface area contributed by atoms with Gasteiger partial charge in [-0.15, -0.1) is 10.2 Å². The van der Waals surface area contributed by atoms with Gasteiger partial charge >= 0.3 is 0 Å². The van der Waals surface area contributed by atoms with Crippen LogP contribution in [0.1, 0.15) is 10.4 Å². The first kappa shape index (κ1) is 7.25. The third-order valence-electron chi connectivity index (χ3n) is 2.11. The Hall–Kier alpha value is -2.17. The molecule has 1 aliphatic heterocycles. The van der Waals surface area contributed by atoms with Crippen LogP contribution in [-0.4, -0.2) is 15.9 Å². The van der Waals surface area contributed by atoms with Gasteiger partial charge in [0.1, 0.15) is 6.33 Å². The zero-order valence-corrected chi connectivity index (χ0v) is 7.01. The Kier molecular flexibility index (Phi) is 1.25. The molecule has 0 atom stereocenters. The predicted molar refractivity (Wildman–Crippen MR) is 48.4 cm³/mol. The number of amides is 1. The van der Waals surface area contributed by atoms with Crippen LogP contribution in [0.25, 0.3) is 10.9 Å². The summed E-state index contributed by atoms with van der Waals surface area (Å²) in [4.78, 5) is 19.4. The number of aromatic nitrogens is 2. The second kappa shape index (κ2) is 2.41. The van der Waals surface area contributed by atoms with Crippen molar-refractivity contribution in [3.8, 4) is 0 Å². The number of hydrogen-bond donors (Lipinski definition) is 0. The van der Waals surface area contributed by atoms with Gasteiger partial charge in [-0.2, -0.15) is 0 Å². The highest BCUT2D eigenvalue weighted by molar-refractivity contribution is 6.11.